The zero-order valence-corrected chi connectivity index (χ0v) is 19.5. The minimum absolute atomic E-state index is 0.220. The second-order valence-electron chi connectivity index (χ2n) is 6.85. The molecule has 0 saturated heterocycles. The van der Waals surface area contributed by atoms with E-state index in [9.17, 15) is 19.2 Å². The maximum Gasteiger partial charge on any atom is 0.344 e. The summed E-state index contributed by atoms with van der Waals surface area (Å²) in [5, 5.41) is 8.78. The molecule has 172 valence electrons. The van der Waals surface area contributed by atoms with Crippen molar-refractivity contribution in [2.45, 2.75) is 6.92 Å². The van der Waals surface area contributed by atoms with E-state index in [1.807, 2.05) is 0 Å². The Morgan fingerprint density at radius 3 is 2.21 bits per heavy atom. The highest BCUT2D eigenvalue weighted by atomic mass is 79.9. The number of anilines is 2. The fourth-order valence-electron chi connectivity index (χ4n) is 2.69. The van der Waals surface area contributed by atoms with Gasteiger partial charge in [0.15, 0.2) is 0 Å². The van der Waals surface area contributed by atoms with Gasteiger partial charge in [0.2, 0.25) is 5.91 Å². The highest BCUT2D eigenvalue weighted by Gasteiger charge is 2.14. The normalized spacial score (nSPS) is 10.4. The molecule has 0 spiro atoms. The van der Waals surface area contributed by atoms with E-state index in [1.165, 1.54) is 13.1 Å². The first-order valence-electron chi connectivity index (χ1n) is 9.90. The lowest BCUT2D eigenvalue weighted by Gasteiger charge is -2.07. The van der Waals surface area contributed by atoms with Crippen LogP contribution < -0.4 is 20.8 Å². The van der Waals surface area contributed by atoms with E-state index in [2.05, 4.69) is 37.1 Å². The van der Waals surface area contributed by atoms with Crippen molar-refractivity contribution < 1.29 is 23.9 Å². The number of nitrogens with zero attached hydrogens (tertiary/aromatic N) is 1. The van der Waals surface area contributed by atoms with Crippen molar-refractivity contribution in [1.82, 2.24) is 5.43 Å². The van der Waals surface area contributed by atoms with Crippen molar-refractivity contribution in [1.29, 1.82) is 0 Å². The molecule has 3 amide bonds. The largest absolute Gasteiger partial charge is 0.423 e. The van der Waals surface area contributed by atoms with Crippen molar-refractivity contribution >= 4 is 57.2 Å². The van der Waals surface area contributed by atoms with Crippen LogP contribution in [0.4, 0.5) is 11.4 Å². The van der Waals surface area contributed by atoms with Crippen LogP contribution in [-0.2, 0) is 14.4 Å². The minimum atomic E-state index is -0.973. The van der Waals surface area contributed by atoms with E-state index >= 15 is 0 Å². The molecule has 0 aromatic heterocycles. The van der Waals surface area contributed by atoms with Crippen LogP contribution in [0.15, 0.2) is 82.4 Å². The lowest BCUT2D eigenvalue weighted by atomic mass is 10.2. The second kappa shape index (κ2) is 11.5. The number of rotatable bonds is 6. The molecular formula is C24H19BrN4O5. The number of benzene rings is 3. The summed E-state index contributed by atoms with van der Waals surface area (Å²) in [6.07, 6.45) is 1.31. The first-order valence-corrected chi connectivity index (χ1v) is 10.7. The van der Waals surface area contributed by atoms with Crippen LogP contribution in [0.5, 0.6) is 5.75 Å². The van der Waals surface area contributed by atoms with Crippen LogP contribution >= 0.6 is 15.9 Å². The molecular weight excluding hydrogens is 504 g/mol. The van der Waals surface area contributed by atoms with E-state index in [0.717, 1.165) is 0 Å². The Labute approximate surface area is 203 Å². The van der Waals surface area contributed by atoms with Crippen molar-refractivity contribution in [3.63, 3.8) is 0 Å². The Morgan fingerprint density at radius 1 is 0.853 bits per heavy atom. The van der Waals surface area contributed by atoms with Crippen molar-refractivity contribution in [2.75, 3.05) is 10.6 Å². The third-order valence-corrected chi connectivity index (χ3v) is 4.90. The number of hydrogen-bond donors (Lipinski definition) is 3. The smallest absolute Gasteiger partial charge is 0.344 e. The van der Waals surface area contributed by atoms with Crippen LogP contribution in [0.1, 0.15) is 22.8 Å². The van der Waals surface area contributed by atoms with Gasteiger partial charge in [-0.05, 0) is 70.0 Å². The summed E-state index contributed by atoms with van der Waals surface area (Å²) < 4.78 is 5.99. The van der Waals surface area contributed by atoms with Gasteiger partial charge in [-0.1, -0.05) is 24.3 Å². The Morgan fingerprint density at radius 2 is 1.53 bits per heavy atom. The molecule has 0 aliphatic heterocycles. The summed E-state index contributed by atoms with van der Waals surface area (Å²) in [6, 6.07) is 19.6. The number of hydrazone groups is 1. The van der Waals surface area contributed by atoms with Gasteiger partial charge in [-0.25, -0.2) is 10.2 Å². The third-order valence-electron chi connectivity index (χ3n) is 4.21. The molecule has 3 aromatic carbocycles. The number of halogens is 1. The van der Waals surface area contributed by atoms with Crippen LogP contribution in [0.25, 0.3) is 0 Å². The number of esters is 1. The number of hydrogen-bond acceptors (Lipinski definition) is 6. The maximum absolute atomic E-state index is 12.3. The standard InChI is InChI=1S/C24H19BrN4O5/c1-15(30)27-17-9-11-18(12-10-17)28-22(31)23(32)29-26-14-16-5-4-6-19(13-16)34-24(33)20-7-2-3-8-21(20)25/h2-14H,1H3,(H,27,30)(H,28,31)(H,29,32)/b26-14+. The van der Waals surface area contributed by atoms with E-state index < -0.39 is 17.8 Å². The Hall–Kier alpha value is -4.31. The summed E-state index contributed by atoms with van der Waals surface area (Å²) in [6.45, 7) is 1.38. The van der Waals surface area contributed by atoms with Gasteiger partial charge in [-0.15, -0.1) is 0 Å². The highest BCUT2D eigenvalue weighted by Crippen LogP contribution is 2.19. The zero-order valence-electron chi connectivity index (χ0n) is 17.9. The van der Waals surface area contributed by atoms with E-state index in [1.54, 1.807) is 72.8 Å². The molecule has 0 bridgehead atoms. The number of ether oxygens (including phenoxy) is 1. The first kappa shape index (κ1) is 24.3. The van der Waals surface area contributed by atoms with Crippen LogP contribution in [0.2, 0.25) is 0 Å². The van der Waals surface area contributed by atoms with Gasteiger partial charge in [-0.2, -0.15) is 5.10 Å². The molecule has 3 aromatic rings. The molecule has 34 heavy (non-hydrogen) atoms. The summed E-state index contributed by atoms with van der Waals surface area (Å²) in [5.74, 6) is -2.35. The molecule has 0 aliphatic carbocycles. The van der Waals surface area contributed by atoms with Gasteiger partial charge < -0.3 is 15.4 Å². The first-order chi connectivity index (χ1) is 16.3. The molecule has 0 saturated carbocycles. The monoisotopic (exact) mass is 522 g/mol. The average molecular weight is 523 g/mol. The number of nitrogens with one attached hydrogen (secondary N) is 3. The SMILES string of the molecule is CC(=O)Nc1ccc(NC(=O)C(=O)N/N=C/c2cccc(OC(=O)c3ccccc3Br)c2)cc1. The van der Waals surface area contributed by atoms with Crippen molar-refractivity contribution in [3.05, 3.63) is 88.4 Å². The summed E-state index contributed by atoms with van der Waals surface area (Å²) in [5.41, 5.74) is 3.98. The predicted octanol–water partition coefficient (Wildman–Crippen LogP) is 3.72. The molecule has 0 atom stereocenters. The summed E-state index contributed by atoms with van der Waals surface area (Å²) >= 11 is 3.31. The van der Waals surface area contributed by atoms with Gasteiger partial charge in [-0.3, -0.25) is 14.4 Å². The Bertz CT molecular complexity index is 1260. The summed E-state index contributed by atoms with van der Waals surface area (Å²) in [4.78, 5) is 47.4. The second-order valence-corrected chi connectivity index (χ2v) is 7.71. The highest BCUT2D eigenvalue weighted by molar-refractivity contribution is 9.10. The lowest BCUT2D eigenvalue weighted by Crippen LogP contribution is -2.32. The fraction of sp³-hybridized carbons (Fsp3) is 0.0417. The maximum atomic E-state index is 12.3. The molecule has 3 rings (SSSR count). The number of carbonyl (C=O) groups excluding carboxylic acids is 4. The van der Waals surface area contributed by atoms with Gasteiger partial charge in [0.1, 0.15) is 5.75 Å². The zero-order chi connectivity index (χ0) is 24.5. The van der Waals surface area contributed by atoms with Crippen LogP contribution in [-0.4, -0.2) is 29.9 Å². The van der Waals surface area contributed by atoms with Gasteiger partial charge in [0.25, 0.3) is 0 Å². The predicted molar refractivity (Wildman–Crippen MR) is 131 cm³/mol. The fourth-order valence-corrected chi connectivity index (χ4v) is 3.14. The molecule has 3 N–H and O–H groups in total. The Kier molecular flexibility index (Phi) is 8.25. The van der Waals surface area contributed by atoms with Gasteiger partial charge in [0, 0.05) is 22.8 Å². The van der Waals surface area contributed by atoms with E-state index in [0.29, 0.717) is 27.0 Å². The molecule has 0 fully saturated rings. The molecule has 0 heterocycles. The topological polar surface area (TPSA) is 126 Å². The Balaban J connectivity index is 1.54. The molecule has 0 aliphatic rings. The number of carbonyl (C=O) groups is 4. The van der Waals surface area contributed by atoms with Crippen molar-refractivity contribution in [2.24, 2.45) is 5.10 Å². The van der Waals surface area contributed by atoms with Crippen LogP contribution in [0.3, 0.4) is 0 Å². The molecule has 0 unspecified atom stereocenters. The van der Waals surface area contributed by atoms with E-state index in [-0.39, 0.29) is 11.7 Å². The molecule has 10 heteroatoms. The van der Waals surface area contributed by atoms with Gasteiger partial charge in [0.05, 0.1) is 11.8 Å². The number of amides is 3. The van der Waals surface area contributed by atoms with E-state index in [4.69, 9.17) is 4.74 Å². The average Bonchev–Trinajstić information content (AvgIpc) is 2.80. The minimum Gasteiger partial charge on any atom is -0.423 e. The third kappa shape index (κ3) is 7.10. The molecule has 0 radical (unpaired) electrons. The summed E-state index contributed by atoms with van der Waals surface area (Å²) in [7, 11) is 0. The quantitative estimate of drug-likeness (QED) is 0.149. The van der Waals surface area contributed by atoms with Crippen LogP contribution in [0, 0.1) is 0 Å². The molecule has 9 nitrogen and oxygen atoms in total. The van der Waals surface area contributed by atoms with Gasteiger partial charge >= 0.3 is 17.8 Å². The van der Waals surface area contributed by atoms with Crippen molar-refractivity contribution in [3.8, 4) is 5.75 Å². The lowest BCUT2D eigenvalue weighted by molar-refractivity contribution is -0.136.